The summed E-state index contributed by atoms with van der Waals surface area (Å²) in [6.45, 7) is 6.40. The Morgan fingerprint density at radius 3 is 2.33 bits per heavy atom. The minimum absolute atomic E-state index is 0.217. The van der Waals surface area contributed by atoms with Crippen LogP contribution in [0, 0.1) is 13.8 Å². The van der Waals surface area contributed by atoms with Crippen molar-refractivity contribution in [2.45, 2.75) is 33.1 Å². The van der Waals surface area contributed by atoms with Crippen LogP contribution in [0.5, 0.6) is 0 Å². The Labute approximate surface area is 109 Å². The Bertz CT molecular complexity index is 402. The van der Waals surface area contributed by atoms with Crippen LogP contribution in [-0.2, 0) is 4.79 Å². The molecule has 1 aromatic carbocycles. The lowest BCUT2D eigenvalue weighted by atomic mass is 10.1. The van der Waals surface area contributed by atoms with E-state index in [4.69, 9.17) is 0 Å². The second-order valence-corrected chi connectivity index (χ2v) is 5.17. The lowest BCUT2D eigenvalue weighted by molar-refractivity contribution is -0.130. The Morgan fingerprint density at radius 1 is 1.11 bits per heavy atom. The summed E-state index contributed by atoms with van der Waals surface area (Å²) in [7, 11) is 0. The highest BCUT2D eigenvalue weighted by Crippen LogP contribution is 2.14. The molecule has 1 heterocycles. The van der Waals surface area contributed by atoms with Crippen LogP contribution in [-0.4, -0.2) is 30.4 Å². The van der Waals surface area contributed by atoms with Gasteiger partial charge in [0.25, 0.3) is 0 Å². The zero-order valence-corrected chi connectivity index (χ0v) is 11.3. The van der Waals surface area contributed by atoms with E-state index in [1.165, 1.54) is 17.5 Å². The number of carbonyl (C=O) groups is 1. The molecule has 0 saturated carbocycles. The molecule has 1 saturated heterocycles. The van der Waals surface area contributed by atoms with Crippen molar-refractivity contribution in [3.05, 3.63) is 29.3 Å². The molecule has 3 heteroatoms. The molecule has 1 N–H and O–H groups in total. The highest BCUT2D eigenvalue weighted by atomic mass is 16.2. The molecular formula is C15H22N2O. The monoisotopic (exact) mass is 246 g/mol. The molecule has 1 amide bonds. The standard InChI is InChI=1S/C15H22N2O/c1-12-8-13(2)10-14(9-12)16-11-15(18)17-6-4-3-5-7-17/h8-10,16H,3-7,11H2,1-2H3. The zero-order chi connectivity index (χ0) is 13.0. The maximum absolute atomic E-state index is 12.0. The number of hydrogen-bond donors (Lipinski definition) is 1. The Hall–Kier alpha value is -1.51. The summed E-state index contributed by atoms with van der Waals surface area (Å²) in [5.74, 6) is 0.217. The molecule has 1 aromatic rings. The van der Waals surface area contributed by atoms with E-state index in [1.807, 2.05) is 4.90 Å². The number of hydrogen-bond acceptors (Lipinski definition) is 2. The number of anilines is 1. The van der Waals surface area contributed by atoms with Crippen molar-refractivity contribution < 1.29 is 4.79 Å². The molecule has 0 aromatic heterocycles. The first-order valence-electron chi connectivity index (χ1n) is 6.75. The van der Waals surface area contributed by atoms with E-state index in [0.29, 0.717) is 6.54 Å². The van der Waals surface area contributed by atoms with Crippen LogP contribution in [0.4, 0.5) is 5.69 Å². The molecule has 0 radical (unpaired) electrons. The van der Waals surface area contributed by atoms with Gasteiger partial charge in [-0.25, -0.2) is 0 Å². The molecule has 0 spiro atoms. The maximum atomic E-state index is 12.0. The fraction of sp³-hybridized carbons (Fsp3) is 0.533. The first-order valence-corrected chi connectivity index (χ1v) is 6.75. The van der Waals surface area contributed by atoms with Crippen molar-refractivity contribution in [3.63, 3.8) is 0 Å². The third-order valence-electron chi connectivity index (χ3n) is 3.37. The number of piperidine rings is 1. The molecule has 0 unspecified atom stereocenters. The molecule has 0 bridgehead atoms. The highest BCUT2D eigenvalue weighted by Gasteiger charge is 2.15. The Kier molecular flexibility index (Phi) is 4.24. The zero-order valence-electron chi connectivity index (χ0n) is 11.3. The van der Waals surface area contributed by atoms with E-state index in [0.717, 1.165) is 31.6 Å². The number of amides is 1. The lowest BCUT2D eigenvalue weighted by Gasteiger charge is -2.27. The quantitative estimate of drug-likeness (QED) is 0.889. The number of nitrogens with one attached hydrogen (secondary N) is 1. The van der Waals surface area contributed by atoms with Crippen LogP contribution in [0.1, 0.15) is 30.4 Å². The van der Waals surface area contributed by atoms with E-state index >= 15 is 0 Å². The van der Waals surface area contributed by atoms with Crippen molar-refractivity contribution in [2.24, 2.45) is 0 Å². The van der Waals surface area contributed by atoms with E-state index in [1.54, 1.807) is 0 Å². The third-order valence-corrected chi connectivity index (χ3v) is 3.37. The van der Waals surface area contributed by atoms with E-state index in [9.17, 15) is 4.79 Å². The van der Waals surface area contributed by atoms with Crippen LogP contribution < -0.4 is 5.32 Å². The molecule has 3 nitrogen and oxygen atoms in total. The lowest BCUT2D eigenvalue weighted by Crippen LogP contribution is -2.39. The Morgan fingerprint density at radius 2 is 1.72 bits per heavy atom. The number of rotatable bonds is 3. The minimum Gasteiger partial charge on any atom is -0.376 e. The molecule has 1 fully saturated rings. The number of benzene rings is 1. The normalized spacial score (nSPS) is 15.6. The minimum atomic E-state index is 0.217. The van der Waals surface area contributed by atoms with Crippen LogP contribution in [0.25, 0.3) is 0 Å². The van der Waals surface area contributed by atoms with Crippen molar-refractivity contribution in [1.82, 2.24) is 4.90 Å². The topological polar surface area (TPSA) is 32.3 Å². The van der Waals surface area contributed by atoms with Gasteiger partial charge in [-0.15, -0.1) is 0 Å². The number of likely N-dealkylation sites (tertiary alicyclic amines) is 1. The summed E-state index contributed by atoms with van der Waals surface area (Å²) < 4.78 is 0. The average molecular weight is 246 g/mol. The summed E-state index contributed by atoms with van der Waals surface area (Å²) in [6, 6.07) is 6.30. The number of nitrogens with zero attached hydrogens (tertiary/aromatic N) is 1. The van der Waals surface area contributed by atoms with Gasteiger partial charge >= 0.3 is 0 Å². The van der Waals surface area contributed by atoms with E-state index in [-0.39, 0.29) is 5.91 Å². The van der Waals surface area contributed by atoms with Crippen LogP contribution in [0.15, 0.2) is 18.2 Å². The molecular weight excluding hydrogens is 224 g/mol. The van der Waals surface area contributed by atoms with Crippen LogP contribution >= 0.6 is 0 Å². The molecule has 0 aliphatic carbocycles. The van der Waals surface area contributed by atoms with Crippen molar-refractivity contribution in [1.29, 1.82) is 0 Å². The summed E-state index contributed by atoms with van der Waals surface area (Å²) in [4.78, 5) is 14.0. The average Bonchev–Trinajstić information content (AvgIpc) is 2.36. The summed E-state index contributed by atoms with van der Waals surface area (Å²) >= 11 is 0. The molecule has 0 atom stereocenters. The van der Waals surface area contributed by atoms with Crippen molar-refractivity contribution in [2.75, 3.05) is 25.0 Å². The molecule has 18 heavy (non-hydrogen) atoms. The van der Waals surface area contributed by atoms with Crippen molar-refractivity contribution >= 4 is 11.6 Å². The molecule has 1 aliphatic heterocycles. The fourth-order valence-corrected chi connectivity index (χ4v) is 2.51. The Balaban J connectivity index is 1.88. The number of aryl methyl sites for hydroxylation is 2. The fourth-order valence-electron chi connectivity index (χ4n) is 2.51. The highest BCUT2D eigenvalue weighted by molar-refractivity contribution is 5.81. The van der Waals surface area contributed by atoms with Gasteiger partial charge < -0.3 is 10.2 Å². The van der Waals surface area contributed by atoms with Gasteiger partial charge in [-0.3, -0.25) is 4.79 Å². The van der Waals surface area contributed by atoms with Crippen LogP contribution in [0.3, 0.4) is 0 Å². The SMILES string of the molecule is Cc1cc(C)cc(NCC(=O)N2CCCCC2)c1. The maximum Gasteiger partial charge on any atom is 0.241 e. The second kappa shape index (κ2) is 5.89. The smallest absolute Gasteiger partial charge is 0.241 e. The molecule has 1 aliphatic rings. The van der Waals surface area contributed by atoms with E-state index < -0.39 is 0 Å². The predicted octanol–water partition coefficient (Wildman–Crippen LogP) is 2.73. The van der Waals surface area contributed by atoms with Gasteiger partial charge in [0.2, 0.25) is 5.91 Å². The van der Waals surface area contributed by atoms with Gasteiger partial charge in [-0.1, -0.05) is 6.07 Å². The predicted molar refractivity (Wildman–Crippen MR) is 74.8 cm³/mol. The van der Waals surface area contributed by atoms with Gasteiger partial charge in [-0.2, -0.15) is 0 Å². The molecule has 2 rings (SSSR count). The first-order chi connectivity index (χ1) is 8.65. The number of carbonyl (C=O) groups excluding carboxylic acids is 1. The summed E-state index contributed by atoms with van der Waals surface area (Å²) in [6.07, 6.45) is 3.55. The van der Waals surface area contributed by atoms with E-state index in [2.05, 4.69) is 37.4 Å². The second-order valence-electron chi connectivity index (χ2n) is 5.17. The first kappa shape index (κ1) is 12.9. The van der Waals surface area contributed by atoms with Gasteiger partial charge in [0.1, 0.15) is 0 Å². The largest absolute Gasteiger partial charge is 0.376 e. The van der Waals surface area contributed by atoms with Gasteiger partial charge in [0, 0.05) is 18.8 Å². The summed E-state index contributed by atoms with van der Waals surface area (Å²) in [5, 5.41) is 3.23. The molecule has 98 valence electrons. The van der Waals surface area contributed by atoms with Gasteiger partial charge in [-0.05, 0) is 56.4 Å². The van der Waals surface area contributed by atoms with Gasteiger partial charge in [0.15, 0.2) is 0 Å². The summed E-state index contributed by atoms with van der Waals surface area (Å²) in [5.41, 5.74) is 3.49. The van der Waals surface area contributed by atoms with Gasteiger partial charge in [0.05, 0.1) is 6.54 Å². The third kappa shape index (κ3) is 3.49. The van der Waals surface area contributed by atoms with Crippen molar-refractivity contribution in [3.8, 4) is 0 Å². The van der Waals surface area contributed by atoms with Crippen LogP contribution in [0.2, 0.25) is 0 Å².